The minimum Gasteiger partial charge on any atom is -0.314 e. The van der Waals surface area contributed by atoms with Gasteiger partial charge in [-0.3, -0.25) is 0 Å². The molecule has 1 N–H and O–H groups in total. The summed E-state index contributed by atoms with van der Waals surface area (Å²) in [6, 6.07) is 1.44. The van der Waals surface area contributed by atoms with Crippen molar-refractivity contribution in [1.82, 2.24) is 10.2 Å². The molecule has 0 saturated carbocycles. The maximum absolute atomic E-state index is 5.26. The van der Waals surface area contributed by atoms with Crippen LogP contribution in [0.15, 0.2) is 0 Å². The van der Waals surface area contributed by atoms with Crippen LogP contribution in [-0.4, -0.2) is 36.6 Å². The van der Waals surface area contributed by atoms with Crippen LogP contribution in [0.1, 0.15) is 39.5 Å². The molecule has 2 heteroatoms. The average molecular weight is 208 g/mol. The van der Waals surface area contributed by atoms with Gasteiger partial charge in [0.25, 0.3) is 0 Å². The number of unbranched alkanes of at least 4 members (excludes halogenated alkanes) is 1. The van der Waals surface area contributed by atoms with Crippen LogP contribution in [0.4, 0.5) is 0 Å². The topological polar surface area (TPSA) is 15.3 Å². The molecule has 0 aliphatic carbocycles. The van der Waals surface area contributed by atoms with Gasteiger partial charge >= 0.3 is 0 Å². The van der Waals surface area contributed by atoms with Crippen LogP contribution < -0.4 is 5.32 Å². The highest BCUT2D eigenvalue weighted by Crippen LogP contribution is 2.17. The molecule has 0 amide bonds. The molecule has 1 fully saturated rings. The van der Waals surface area contributed by atoms with Gasteiger partial charge in [-0.15, -0.1) is 12.3 Å². The van der Waals surface area contributed by atoms with Gasteiger partial charge in [-0.05, 0) is 45.8 Å². The molecule has 1 aliphatic rings. The van der Waals surface area contributed by atoms with Crippen molar-refractivity contribution in [2.45, 2.75) is 51.6 Å². The van der Waals surface area contributed by atoms with Gasteiger partial charge in [-0.1, -0.05) is 6.92 Å². The molecule has 15 heavy (non-hydrogen) atoms. The van der Waals surface area contributed by atoms with Crippen molar-refractivity contribution in [3.8, 4) is 12.3 Å². The normalized spacial score (nSPS) is 27.5. The first-order valence-electron chi connectivity index (χ1n) is 6.18. The first-order valence-corrected chi connectivity index (χ1v) is 6.18. The number of nitrogens with zero attached hydrogens (tertiary/aromatic N) is 1. The Morgan fingerprint density at radius 1 is 1.53 bits per heavy atom. The van der Waals surface area contributed by atoms with E-state index < -0.39 is 0 Å². The van der Waals surface area contributed by atoms with Crippen LogP contribution in [0.25, 0.3) is 0 Å². The summed E-state index contributed by atoms with van der Waals surface area (Å²) in [4.78, 5) is 2.57. The lowest BCUT2D eigenvalue weighted by Gasteiger charge is -2.37. The van der Waals surface area contributed by atoms with E-state index in [0.717, 1.165) is 25.4 Å². The van der Waals surface area contributed by atoms with E-state index in [1.165, 1.54) is 25.9 Å². The number of rotatable bonds is 5. The zero-order valence-electron chi connectivity index (χ0n) is 10.1. The van der Waals surface area contributed by atoms with Gasteiger partial charge in [-0.2, -0.15) is 0 Å². The molecule has 1 rings (SSSR count). The van der Waals surface area contributed by atoms with E-state index >= 15 is 0 Å². The molecule has 0 radical (unpaired) electrons. The van der Waals surface area contributed by atoms with E-state index in [1.54, 1.807) is 0 Å². The number of piperidine rings is 1. The summed E-state index contributed by atoms with van der Waals surface area (Å²) in [6.45, 7) is 8.01. The molecule has 1 heterocycles. The molecule has 0 aromatic rings. The number of likely N-dealkylation sites (tertiary alicyclic amines) is 1. The molecule has 0 spiro atoms. The molecular weight excluding hydrogens is 184 g/mol. The third kappa shape index (κ3) is 4.24. The third-order valence-electron chi connectivity index (χ3n) is 3.27. The third-order valence-corrected chi connectivity index (χ3v) is 3.27. The van der Waals surface area contributed by atoms with Crippen LogP contribution in [0.2, 0.25) is 0 Å². The summed E-state index contributed by atoms with van der Waals surface area (Å²) in [5.74, 6) is 2.71. The Hall–Kier alpha value is -0.520. The van der Waals surface area contributed by atoms with Crippen LogP contribution in [-0.2, 0) is 0 Å². The molecule has 0 bridgehead atoms. The van der Waals surface area contributed by atoms with Gasteiger partial charge in [0.05, 0.1) is 0 Å². The van der Waals surface area contributed by atoms with Crippen molar-refractivity contribution in [2.75, 3.05) is 19.6 Å². The van der Waals surface area contributed by atoms with Crippen molar-refractivity contribution in [3.63, 3.8) is 0 Å². The molecular formula is C13H24N2. The summed E-state index contributed by atoms with van der Waals surface area (Å²) in [5.41, 5.74) is 0. The SMILES string of the molecule is C#CCCCN1CCC(NCC)CC1C. The van der Waals surface area contributed by atoms with Gasteiger partial charge in [0.15, 0.2) is 0 Å². The number of nitrogens with one attached hydrogen (secondary N) is 1. The Bertz CT molecular complexity index is 207. The fourth-order valence-corrected chi connectivity index (χ4v) is 2.41. The first-order chi connectivity index (χ1) is 7.27. The highest BCUT2D eigenvalue weighted by Gasteiger charge is 2.23. The summed E-state index contributed by atoms with van der Waals surface area (Å²) >= 11 is 0. The zero-order valence-corrected chi connectivity index (χ0v) is 10.1. The first kappa shape index (κ1) is 12.5. The van der Waals surface area contributed by atoms with Crippen LogP contribution in [0, 0.1) is 12.3 Å². The fourth-order valence-electron chi connectivity index (χ4n) is 2.41. The largest absolute Gasteiger partial charge is 0.314 e. The maximum Gasteiger partial charge on any atom is 0.00982 e. The van der Waals surface area contributed by atoms with Crippen molar-refractivity contribution in [1.29, 1.82) is 0 Å². The van der Waals surface area contributed by atoms with Crippen LogP contribution >= 0.6 is 0 Å². The highest BCUT2D eigenvalue weighted by atomic mass is 15.2. The lowest BCUT2D eigenvalue weighted by atomic mass is 9.98. The summed E-state index contributed by atoms with van der Waals surface area (Å²) in [6.07, 6.45) is 9.89. The Morgan fingerprint density at radius 3 is 2.93 bits per heavy atom. The molecule has 2 atom stereocenters. The quantitative estimate of drug-likeness (QED) is 0.548. The molecule has 0 aromatic heterocycles. The standard InChI is InChI=1S/C13H24N2/c1-4-6-7-9-15-10-8-13(14-5-2)11-12(15)3/h1,12-14H,5-11H2,2-3H3. The second-order valence-electron chi connectivity index (χ2n) is 4.47. The van der Waals surface area contributed by atoms with E-state index in [0.29, 0.717) is 6.04 Å². The molecule has 1 aliphatic heterocycles. The van der Waals surface area contributed by atoms with Gasteiger partial charge in [0, 0.05) is 18.5 Å². The molecule has 2 nitrogen and oxygen atoms in total. The fraction of sp³-hybridized carbons (Fsp3) is 0.846. The second kappa shape index (κ2) is 6.87. The highest BCUT2D eigenvalue weighted by molar-refractivity contribution is 4.86. The van der Waals surface area contributed by atoms with Crippen LogP contribution in [0.3, 0.4) is 0 Å². The van der Waals surface area contributed by atoms with E-state index in [-0.39, 0.29) is 0 Å². The van der Waals surface area contributed by atoms with Gasteiger partial charge < -0.3 is 10.2 Å². The second-order valence-corrected chi connectivity index (χ2v) is 4.47. The van der Waals surface area contributed by atoms with Crippen molar-refractivity contribution in [2.24, 2.45) is 0 Å². The Kier molecular flexibility index (Phi) is 5.75. The van der Waals surface area contributed by atoms with Crippen molar-refractivity contribution < 1.29 is 0 Å². The predicted octanol–water partition coefficient (Wildman–Crippen LogP) is 1.86. The van der Waals surface area contributed by atoms with Crippen molar-refractivity contribution in [3.05, 3.63) is 0 Å². The van der Waals surface area contributed by atoms with E-state index in [4.69, 9.17) is 6.42 Å². The van der Waals surface area contributed by atoms with E-state index in [1.807, 2.05) is 0 Å². The number of hydrogen-bond acceptors (Lipinski definition) is 2. The monoisotopic (exact) mass is 208 g/mol. The Morgan fingerprint density at radius 2 is 2.33 bits per heavy atom. The van der Waals surface area contributed by atoms with Gasteiger partial charge in [0.1, 0.15) is 0 Å². The summed E-state index contributed by atoms with van der Waals surface area (Å²) in [7, 11) is 0. The van der Waals surface area contributed by atoms with Crippen molar-refractivity contribution >= 4 is 0 Å². The van der Waals surface area contributed by atoms with E-state index in [2.05, 4.69) is 30.0 Å². The molecule has 2 unspecified atom stereocenters. The smallest absolute Gasteiger partial charge is 0.00982 e. The predicted molar refractivity (Wildman–Crippen MR) is 65.8 cm³/mol. The number of hydrogen-bond donors (Lipinski definition) is 1. The minimum absolute atomic E-state index is 0.709. The van der Waals surface area contributed by atoms with E-state index in [9.17, 15) is 0 Å². The lowest BCUT2D eigenvalue weighted by molar-refractivity contribution is 0.136. The van der Waals surface area contributed by atoms with Crippen LogP contribution in [0.5, 0.6) is 0 Å². The molecule has 1 saturated heterocycles. The lowest BCUT2D eigenvalue weighted by Crippen LogP contribution is -2.47. The summed E-state index contributed by atoms with van der Waals surface area (Å²) < 4.78 is 0. The average Bonchev–Trinajstić information content (AvgIpc) is 2.22. The summed E-state index contributed by atoms with van der Waals surface area (Å²) in [5, 5.41) is 3.54. The maximum atomic E-state index is 5.26. The Labute approximate surface area is 94.4 Å². The number of terminal acetylenes is 1. The molecule has 0 aromatic carbocycles. The zero-order chi connectivity index (χ0) is 11.1. The van der Waals surface area contributed by atoms with Gasteiger partial charge in [-0.25, -0.2) is 0 Å². The molecule has 86 valence electrons. The Balaban J connectivity index is 2.23. The minimum atomic E-state index is 0.709. The van der Waals surface area contributed by atoms with Gasteiger partial charge in [0.2, 0.25) is 0 Å².